The number of carbonyl (C=O) groups is 3. The van der Waals surface area contributed by atoms with Crippen LogP contribution in [0.3, 0.4) is 0 Å². The summed E-state index contributed by atoms with van der Waals surface area (Å²) in [6.45, 7) is 2.65. The van der Waals surface area contributed by atoms with Crippen molar-refractivity contribution in [1.29, 1.82) is 0 Å². The van der Waals surface area contributed by atoms with Crippen molar-refractivity contribution in [3.63, 3.8) is 0 Å². The Morgan fingerprint density at radius 1 is 0.936 bits per heavy atom. The fourth-order valence-electron chi connectivity index (χ4n) is 6.85. The van der Waals surface area contributed by atoms with E-state index >= 15 is 0 Å². The van der Waals surface area contributed by atoms with Gasteiger partial charge in [0.25, 0.3) is 0 Å². The first-order chi connectivity index (χ1) is 22.8. The topological polar surface area (TPSA) is 141 Å². The van der Waals surface area contributed by atoms with Gasteiger partial charge in [-0.05, 0) is 54.7 Å². The minimum atomic E-state index is -0.927. The van der Waals surface area contributed by atoms with Gasteiger partial charge in [0, 0.05) is 55.8 Å². The Hall–Kier alpha value is -4.29. The van der Waals surface area contributed by atoms with Crippen LogP contribution in [0.1, 0.15) is 67.6 Å². The van der Waals surface area contributed by atoms with Gasteiger partial charge >= 0.3 is 5.97 Å². The highest BCUT2D eigenvalue weighted by Gasteiger charge is 2.50. The number of anilines is 2. The maximum atomic E-state index is 13.2. The van der Waals surface area contributed by atoms with Crippen LogP contribution < -0.4 is 15.5 Å². The van der Waals surface area contributed by atoms with Gasteiger partial charge in [-0.25, -0.2) is 0 Å². The third kappa shape index (κ3) is 7.65. The van der Waals surface area contributed by atoms with Gasteiger partial charge in [-0.2, -0.15) is 0 Å². The van der Waals surface area contributed by atoms with Gasteiger partial charge in [0.1, 0.15) is 5.54 Å². The molecule has 0 aromatic heterocycles. The van der Waals surface area contributed by atoms with E-state index in [2.05, 4.69) is 32.6 Å². The second-order valence-electron chi connectivity index (χ2n) is 12.5. The van der Waals surface area contributed by atoms with Gasteiger partial charge in [0.15, 0.2) is 6.29 Å². The number of aliphatic hydroxyl groups is 1. The van der Waals surface area contributed by atoms with E-state index in [1.807, 2.05) is 60.7 Å². The average Bonchev–Trinajstić information content (AvgIpc) is 3.40. The zero-order valence-corrected chi connectivity index (χ0v) is 26.3. The van der Waals surface area contributed by atoms with Crippen molar-refractivity contribution in [3.05, 3.63) is 95.6 Å². The number of rotatable bonds is 11. The van der Waals surface area contributed by atoms with Crippen molar-refractivity contribution in [2.24, 2.45) is 0 Å². The molecule has 0 radical (unpaired) electrons. The van der Waals surface area contributed by atoms with Crippen LogP contribution in [-0.2, 0) is 30.5 Å². The van der Waals surface area contributed by atoms with E-state index in [4.69, 9.17) is 14.6 Å². The molecule has 0 bridgehead atoms. The highest BCUT2D eigenvalue weighted by Crippen LogP contribution is 2.40. The lowest BCUT2D eigenvalue weighted by atomic mass is 9.85. The predicted molar refractivity (Wildman–Crippen MR) is 175 cm³/mol. The van der Waals surface area contributed by atoms with Crippen molar-refractivity contribution >= 4 is 29.2 Å². The van der Waals surface area contributed by atoms with Gasteiger partial charge < -0.3 is 40.1 Å². The molecule has 47 heavy (non-hydrogen) atoms. The number of piperidine rings is 1. The summed E-state index contributed by atoms with van der Waals surface area (Å²) < 4.78 is 13.1. The molecule has 3 aliphatic rings. The number of para-hydroxylation sites is 1. The summed E-state index contributed by atoms with van der Waals surface area (Å²) in [5.41, 5.74) is 3.63. The molecule has 0 aliphatic carbocycles. The number of aliphatic hydroxyl groups excluding tert-OH is 1. The number of carboxylic acid groups (broad SMARTS) is 1. The van der Waals surface area contributed by atoms with E-state index in [0.29, 0.717) is 38.2 Å². The summed E-state index contributed by atoms with van der Waals surface area (Å²) in [5, 5.41) is 24.4. The highest BCUT2D eigenvalue weighted by molar-refractivity contribution is 5.93. The predicted octanol–water partition coefficient (Wildman–Crippen LogP) is 4.35. The van der Waals surface area contributed by atoms with Crippen molar-refractivity contribution in [1.82, 2.24) is 10.2 Å². The van der Waals surface area contributed by atoms with E-state index in [1.54, 1.807) is 6.07 Å². The zero-order chi connectivity index (χ0) is 32.8. The van der Waals surface area contributed by atoms with E-state index in [1.165, 1.54) is 0 Å². The molecule has 1 spiro atoms. The lowest BCUT2D eigenvalue weighted by molar-refractivity contribution is -0.253. The molecule has 3 atom stereocenters. The molecule has 3 fully saturated rings. The fourth-order valence-corrected chi connectivity index (χ4v) is 6.85. The van der Waals surface area contributed by atoms with Crippen molar-refractivity contribution in [2.75, 3.05) is 36.5 Å². The minimum absolute atomic E-state index is 0.0365. The first-order valence-electron chi connectivity index (χ1n) is 16.3. The number of carbonyl (C=O) groups excluding carboxylic acids is 2. The monoisotopic (exact) mass is 642 g/mol. The van der Waals surface area contributed by atoms with E-state index < -0.39 is 17.8 Å². The van der Waals surface area contributed by atoms with Gasteiger partial charge in [-0.1, -0.05) is 54.6 Å². The standard InChI is InChI=1S/C36H42N4O7/c41-23-25-12-14-26(15-13-25)31-21-30(46-34(47-31)27-6-4-7-28(20-27)38-32(42)10-5-11-33(43)44)22-39-18-16-36(17-19-39)35(45)37-24-40(36)29-8-2-1-3-9-29/h1-4,6-9,12-15,20,30-31,34,41H,5,10-11,16-19,21-24H2,(H,37,45)(H,38,42)(H,43,44). The van der Waals surface area contributed by atoms with Crippen LogP contribution in [-0.4, -0.2) is 70.8 Å². The molecule has 4 N–H and O–H groups in total. The fraction of sp³-hybridized carbons (Fsp3) is 0.417. The third-order valence-electron chi connectivity index (χ3n) is 9.40. The van der Waals surface area contributed by atoms with E-state index in [9.17, 15) is 19.5 Å². The van der Waals surface area contributed by atoms with E-state index in [0.717, 1.165) is 35.5 Å². The molecule has 3 unspecified atom stereocenters. The van der Waals surface area contributed by atoms with Crippen LogP contribution in [0.25, 0.3) is 0 Å². The Labute approximate surface area is 274 Å². The first kappa shape index (κ1) is 32.6. The Morgan fingerprint density at radius 3 is 2.43 bits per heavy atom. The lowest BCUT2D eigenvalue weighted by Gasteiger charge is -2.45. The quantitative estimate of drug-likeness (QED) is 0.240. The van der Waals surface area contributed by atoms with Gasteiger partial charge in [-0.15, -0.1) is 0 Å². The summed E-state index contributed by atoms with van der Waals surface area (Å²) in [6.07, 6.45) is 1.26. The second kappa shape index (κ2) is 14.6. The zero-order valence-electron chi connectivity index (χ0n) is 26.3. The molecule has 3 aliphatic heterocycles. The van der Waals surface area contributed by atoms with Crippen LogP contribution in [0, 0.1) is 0 Å². The van der Waals surface area contributed by atoms with Crippen LogP contribution in [0.4, 0.5) is 11.4 Å². The molecule has 3 saturated heterocycles. The van der Waals surface area contributed by atoms with Crippen molar-refractivity contribution in [3.8, 4) is 0 Å². The molecule has 248 valence electrons. The van der Waals surface area contributed by atoms with Crippen molar-refractivity contribution in [2.45, 2.75) is 69.2 Å². The minimum Gasteiger partial charge on any atom is -0.481 e. The van der Waals surface area contributed by atoms with Gasteiger partial charge in [0.2, 0.25) is 11.8 Å². The maximum absolute atomic E-state index is 13.2. The van der Waals surface area contributed by atoms with Gasteiger partial charge in [-0.3, -0.25) is 14.4 Å². The Bertz CT molecular complexity index is 1540. The molecular formula is C36H42N4O7. The second-order valence-corrected chi connectivity index (χ2v) is 12.5. The Morgan fingerprint density at radius 2 is 1.70 bits per heavy atom. The molecular weight excluding hydrogens is 600 g/mol. The molecule has 6 rings (SSSR count). The third-order valence-corrected chi connectivity index (χ3v) is 9.40. The molecule has 3 aromatic rings. The number of carboxylic acids is 1. The molecule has 11 heteroatoms. The number of amides is 2. The smallest absolute Gasteiger partial charge is 0.303 e. The molecule has 3 aromatic carbocycles. The van der Waals surface area contributed by atoms with Crippen LogP contribution >= 0.6 is 0 Å². The Balaban J connectivity index is 1.15. The molecule has 11 nitrogen and oxygen atoms in total. The SMILES string of the molecule is O=C(O)CCCC(=O)Nc1cccc(C2OC(CN3CCC4(CC3)C(=O)NCN4c3ccccc3)CC(c3ccc(CO)cc3)O2)c1. The molecule has 3 heterocycles. The van der Waals surface area contributed by atoms with E-state index in [-0.39, 0.29) is 49.9 Å². The first-order valence-corrected chi connectivity index (χ1v) is 16.3. The molecule has 2 amide bonds. The number of benzene rings is 3. The normalized spacial score (nSPS) is 22.6. The largest absolute Gasteiger partial charge is 0.481 e. The van der Waals surface area contributed by atoms with Gasteiger partial charge in [0.05, 0.1) is 25.5 Å². The maximum Gasteiger partial charge on any atom is 0.303 e. The molecule has 0 saturated carbocycles. The summed E-state index contributed by atoms with van der Waals surface area (Å²) in [5.74, 6) is -1.09. The van der Waals surface area contributed by atoms with Crippen LogP contribution in [0.2, 0.25) is 0 Å². The average molecular weight is 643 g/mol. The lowest BCUT2D eigenvalue weighted by Crippen LogP contribution is -2.57. The Kier molecular flexibility index (Phi) is 10.2. The summed E-state index contributed by atoms with van der Waals surface area (Å²) in [4.78, 5) is 41.0. The number of likely N-dealkylation sites (tertiary alicyclic amines) is 1. The number of hydrogen-bond acceptors (Lipinski definition) is 8. The number of hydrogen-bond donors (Lipinski definition) is 4. The van der Waals surface area contributed by atoms with Crippen molar-refractivity contribution < 1.29 is 34.1 Å². The summed E-state index contributed by atoms with van der Waals surface area (Å²) >= 11 is 0. The van der Waals surface area contributed by atoms with Crippen LogP contribution in [0.5, 0.6) is 0 Å². The number of aliphatic carboxylic acids is 1. The number of nitrogens with zero attached hydrogens (tertiary/aromatic N) is 2. The number of ether oxygens (including phenoxy) is 2. The summed E-state index contributed by atoms with van der Waals surface area (Å²) in [7, 11) is 0. The van der Waals surface area contributed by atoms with Crippen LogP contribution in [0.15, 0.2) is 78.9 Å². The highest BCUT2D eigenvalue weighted by atomic mass is 16.7. The summed E-state index contributed by atoms with van der Waals surface area (Å²) in [6, 6.07) is 25.2. The number of nitrogens with one attached hydrogen (secondary N) is 2.